The fraction of sp³-hybridized carbons (Fsp3) is 0.300. The largest absolute Gasteiger partial charge is 0.494 e. The molecule has 6 nitrogen and oxygen atoms in total. The fourth-order valence-electron chi connectivity index (χ4n) is 1.30. The summed E-state index contributed by atoms with van der Waals surface area (Å²) >= 11 is 0. The molecule has 0 aliphatic rings. The van der Waals surface area contributed by atoms with Gasteiger partial charge in [0, 0.05) is 12.3 Å². The molecule has 6 heteroatoms. The van der Waals surface area contributed by atoms with Crippen molar-refractivity contribution >= 4 is 16.7 Å². The van der Waals surface area contributed by atoms with E-state index in [0.29, 0.717) is 16.8 Å². The van der Waals surface area contributed by atoms with Crippen LogP contribution in [0.1, 0.15) is 13.8 Å². The van der Waals surface area contributed by atoms with Crippen molar-refractivity contribution in [3.05, 3.63) is 28.6 Å². The normalized spacial score (nSPS) is 9.44. The summed E-state index contributed by atoms with van der Waals surface area (Å²) in [4.78, 5) is 16.8. The van der Waals surface area contributed by atoms with Gasteiger partial charge in [-0.15, -0.1) is 0 Å². The minimum Gasteiger partial charge on any atom is -0.494 e. The highest BCUT2D eigenvalue weighted by atomic mass is 16.6. The van der Waals surface area contributed by atoms with Gasteiger partial charge in [-0.05, 0) is 0 Å². The first kappa shape index (κ1) is 12.0. The Labute approximate surface area is 92.4 Å². The van der Waals surface area contributed by atoms with Crippen molar-refractivity contribution in [3.63, 3.8) is 0 Å². The Morgan fingerprint density at radius 2 is 2.19 bits per heavy atom. The number of nitrogens with one attached hydrogen (secondary N) is 1. The maximum absolute atomic E-state index is 10.6. The molecule has 0 aliphatic carbocycles. The van der Waals surface area contributed by atoms with Crippen molar-refractivity contribution < 1.29 is 9.66 Å². The van der Waals surface area contributed by atoms with E-state index in [-0.39, 0.29) is 5.69 Å². The van der Waals surface area contributed by atoms with Crippen LogP contribution in [-0.4, -0.2) is 22.0 Å². The first-order valence-corrected chi connectivity index (χ1v) is 4.88. The van der Waals surface area contributed by atoms with E-state index < -0.39 is 4.92 Å². The summed E-state index contributed by atoms with van der Waals surface area (Å²) in [6.07, 6.45) is 2.78. The number of ether oxygens (including phenoxy) is 1. The molecule has 0 fully saturated rings. The van der Waals surface area contributed by atoms with Crippen molar-refractivity contribution in [1.29, 1.82) is 0 Å². The summed E-state index contributed by atoms with van der Waals surface area (Å²) in [5.41, 5.74) is 0.815. The fourth-order valence-corrected chi connectivity index (χ4v) is 1.30. The summed E-state index contributed by atoms with van der Waals surface area (Å²) < 4.78 is 5.03. The SMILES string of the molecule is CC.COc1ccnc2c([N+](=O)[O-])c[nH]c12. The Bertz CT molecular complexity index is 493. The summed E-state index contributed by atoms with van der Waals surface area (Å²) in [5.74, 6) is 0.545. The van der Waals surface area contributed by atoms with Gasteiger partial charge in [0.2, 0.25) is 0 Å². The topological polar surface area (TPSA) is 81.1 Å². The number of nitro groups is 1. The predicted octanol–water partition coefficient (Wildman–Crippen LogP) is 2.51. The molecule has 0 saturated heterocycles. The molecular weight excluding hydrogens is 210 g/mol. The number of rotatable bonds is 2. The Morgan fingerprint density at radius 3 is 2.75 bits per heavy atom. The van der Waals surface area contributed by atoms with Crippen LogP contribution < -0.4 is 4.74 Å². The van der Waals surface area contributed by atoms with Gasteiger partial charge in [0.05, 0.1) is 18.2 Å². The van der Waals surface area contributed by atoms with E-state index in [4.69, 9.17) is 4.74 Å². The number of pyridine rings is 1. The molecule has 2 aromatic heterocycles. The van der Waals surface area contributed by atoms with Crippen LogP contribution in [0.25, 0.3) is 11.0 Å². The van der Waals surface area contributed by atoms with Crippen molar-refractivity contribution in [1.82, 2.24) is 9.97 Å². The third-order valence-electron chi connectivity index (χ3n) is 1.93. The van der Waals surface area contributed by atoms with Gasteiger partial charge in [-0.25, -0.2) is 4.98 Å². The lowest BCUT2D eigenvalue weighted by Gasteiger charge is -1.98. The minimum absolute atomic E-state index is 0.0427. The number of nitrogens with zero attached hydrogens (tertiary/aromatic N) is 2. The van der Waals surface area contributed by atoms with Crippen molar-refractivity contribution in [2.24, 2.45) is 0 Å². The van der Waals surface area contributed by atoms with Crippen LogP contribution in [0, 0.1) is 10.1 Å². The second-order valence-electron chi connectivity index (χ2n) is 2.67. The van der Waals surface area contributed by atoms with Gasteiger partial charge in [0.15, 0.2) is 5.52 Å². The average Bonchev–Trinajstić information content (AvgIpc) is 2.75. The molecule has 0 atom stereocenters. The first-order valence-electron chi connectivity index (χ1n) is 4.88. The van der Waals surface area contributed by atoms with Gasteiger partial charge in [-0.3, -0.25) is 10.1 Å². The number of fused-ring (bicyclic) bond motifs is 1. The molecule has 0 saturated carbocycles. The molecule has 0 aromatic carbocycles. The molecule has 2 rings (SSSR count). The maximum atomic E-state index is 10.6. The van der Waals surface area contributed by atoms with Crippen LogP contribution in [0.3, 0.4) is 0 Å². The van der Waals surface area contributed by atoms with Crippen molar-refractivity contribution in [2.45, 2.75) is 13.8 Å². The van der Waals surface area contributed by atoms with E-state index in [1.807, 2.05) is 13.8 Å². The zero-order chi connectivity index (χ0) is 12.1. The number of hydrogen-bond donors (Lipinski definition) is 1. The van der Waals surface area contributed by atoms with Crippen LogP contribution in [0.15, 0.2) is 18.5 Å². The van der Waals surface area contributed by atoms with Gasteiger partial charge in [-0.1, -0.05) is 13.8 Å². The Balaban J connectivity index is 0.000000606. The molecule has 1 N–H and O–H groups in total. The number of aromatic nitrogens is 2. The van der Waals surface area contributed by atoms with Crippen LogP contribution in [0.5, 0.6) is 5.75 Å². The van der Waals surface area contributed by atoms with Crippen LogP contribution in [0.4, 0.5) is 5.69 Å². The number of aromatic amines is 1. The predicted molar refractivity (Wildman–Crippen MR) is 60.6 cm³/mol. The second kappa shape index (κ2) is 5.11. The number of H-pyrrole nitrogens is 1. The highest BCUT2D eigenvalue weighted by Crippen LogP contribution is 2.28. The molecule has 0 radical (unpaired) electrons. The van der Waals surface area contributed by atoms with Crippen molar-refractivity contribution in [3.8, 4) is 5.75 Å². The molecule has 0 amide bonds. The van der Waals surface area contributed by atoms with Gasteiger partial charge < -0.3 is 9.72 Å². The zero-order valence-corrected chi connectivity index (χ0v) is 9.35. The molecule has 2 aromatic rings. The molecule has 0 aliphatic heterocycles. The standard InChI is InChI=1S/C8H7N3O3.C2H6/c1-14-6-2-3-9-7-5(11(12)13)4-10-8(6)7;1-2/h2-4,10H,1H3;1-2H3. The van der Waals surface area contributed by atoms with Gasteiger partial charge in [-0.2, -0.15) is 0 Å². The number of methoxy groups -OCH3 is 1. The van der Waals surface area contributed by atoms with Gasteiger partial charge in [0.1, 0.15) is 11.3 Å². The third kappa shape index (κ3) is 1.95. The first-order chi connectivity index (χ1) is 7.74. The van der Waals surface area contributed by atoms with E-state index in [9.17, 15) is 10.1 Å². The van der Waals surface area contributed by atoms with E-state index >= 15 is 0 Å². The Kier molecular flexibility index (Phi) is 3.82. The van der Waals surface area contributed by atoms with Crippen LogP contribution >= 0.6 is 0 Å². The zero-order valence-electron chi connectivity index (χ0n) is 9.35. The Morgan fingerprint density at radius 1 is 1.50 bits per heavy atom. The van der Waals surface area contributed by atoms with Crippen molar-refractivity contribution in [2.75, 3.05) is 7.11 Å². The van der Waals surface area contributed by atoms with Gasteiger partial charge in [0.25, 0.3) is 0 Å². The monoisotopic (exact) mass is 223 g/mol. The molecule has 0 unspecified atom stereocenters. The van der Waals surface area contributed by atoms with E-state index in [2.05, 4.69) is 9.97 Å². The van der Waals surface area contributed by atoms with Gasteiger partial charge >= 0.3 is 5.69 Å². The molecule has 0 bridgehead atoms. The highest BCUT2D eigenvalue weighted by Gasteiger charge is 2.17. The van der Waals surface area contributed by atoms with E-state index in [1.165, 1.54) is 19.5 Å². The summed E-state index contributed by atoms with van der Waals surface area (Å²) in [7, 11) is 1.50. The third-order valence-corrected chi connectivity index (χ3v) is 1.93. The van der Waals surface area contributed by atoms with Crippen LogP contribution in [-0.2, 0) is 0 Å². The summed E-state index contributed by atoms with van der Waals surface area (Å²) in [5, 5.41) is 10.6. The summed E-state index contributed by atoms with van der Waals surface area (Å²) in [6, 6.07) is 1.64. The smallest absolute Gasteiger partial charge is 0.312 e. The lowest BCUT2D eigenvalue weighted by molar-refractivity contribution is -0.383. The highest BCUT2D eigenvalue weighted by molar-refractivity contribution is 5.89. The molecule has 86 valence electrons. The maximum Gasteiger partial charge on any atom is 0.312 e. The molecule has 0 spiro atoms. The lowest BCUT2D eigenvalue weighted by atomic mass is 10.3. The minimum atomic E-state index is -0.481. The van der Waals surface area contributed by atoms with E-state index in [1.54, 1.807) is 6.07 Å². The van der Waals surface area contributed by atoms with Crippen LogP contribution in [0.2, 0.25) is 0 Å². The lowest BCUT2D eigenvalue weighted by Crippen LogP contribution is -1.88. The summed E-state index contributed by atoms with van der Waals surface area (Å²) in [6.45, 7) is 4.00. The quantitative estimate of drug-likeness (QED) is 0.626. The molecule has 16 heavy (non-hydrogen) atoms. The average molecular weight is 223 g/mol. The number of hydrogen-bond acceptors (Lipinski definition) is 4. The Hall–Kier alpha value is -2.11. The second-order valence-corrected chi connectivity index (χ2v) is 2.67. The molecular formula is C10H13N3O3. The van der Waals surface area contributed by atoms with E-state index in [0.717, 1.165) is 0 Å². The molecule has 2 heterocycles.